The van der Waals surface area contributed by atoms with Crippen LogP contribution in [0.3, 0.4) is 0 Å². The number of guanidine groups is 1. The normalized spacial score (nSPS) is 23.7. The van der Waals surface area contributed by atoms with Gasteiger partial charge in [-0.05, 0) is 68.7 Å². The Labute approximate surface area is 225 Å². The van der Waals surface area contributed by atoms with Crippen LogP contribution in [-0.4, -0.2) is 37.0 Å². The lowest BCUT2D eigenvalue weighted by Gasteiger charge is -2.27. The quantitative estimate of drug-likeness (QED) is 0.327. The average molecular weight is 521 g/mol. The summed E-state index contributed by atoms with van der Waals surface area (Å²) >= 11 is 0. The van der Waals surface area contributed by atoms with E-state index in [2.05, 4.69) is 40.8 Å². The molecule has 0 aliphatic carbocycles. The second-order valence-corrected chi connectivity index (χ2v) is 10.2. The fourth-order valence-corrected chi connectivity index (χ4v) is 5.12. The molecule has 2 unspecified atom stereocenters. The zero-order chi connectivity index (χ0) is 26.9. The number of hydrogen-bond donors (Lipinski definition) is 3. The number of nitrogens with one attached hydrogen (secondary N) is 2. The van der Waals surface area contributed by atoms with Crippen LogP contribution in [0.1, 0.15) is 82.4 Å². The summed E-state index contributed by atoms with van der Waals surface area (Å²) in [5, 5.41) is 5.75. The predicted octanol–water partition coefficient (Wildman–Crippen LogP) is 4.52. The molecule has 0 radical (unpaired) electrons. The van der Waals surface area contributed by atoms with Crippen LogP contribution in [0.2, 0.25) is 0 Å². The van der Waals surface area contributed by atoms with Gasteiger partial charge in [0.05, 0.1) is 25.3 Å². The van der Waals surface area contributed by atoms with E-state index in [0.29, 0.717) is 25.2 Å². The molecule has 1 fully saturated rings. The van der Waals surface area contributed by atoms with Crippen molar-refractivity contribution in [2.75, 3.05) is 13.2 Å². The SMILES string of the molecule is CC\C=C1/CCCO/C1=C/C=C(\C)C(=O)NC1CCOc2ccc(CCCCC3CC(=O)NC(N)=N3)cc21. The van der Waals surface area contributed by atoms with Gasteiger partial charge in [-0.1, -0.05) is 37.6 Å². The van der Waals surface area contributed by atoms with Crippen molar-refractivity contribution in [3.63, 3.8) is 0 Å². The van der Waals surface area contributed by atoms with Crippen molar-refractivity contribution >= 4 is 17.8 Å². The molecule has 2 atom stereocenters. The van der Waals surface area contributed by atoms with Gasteiger partial charge in [0, 0.05) is 24.0 Å². The van der Waals surface area contributed by atoms with Crippen LogP contribution in [0.25, 0.3) is 0 Å². The van der Waals surface area contributed by atoms with E-state index >= 15 is 0 Å². The summed E-state index contributed by atoms with van der Waals surface area (Å²) in [6.45, 7) is 5.24. The van der Waals surface area contributed by atoms with Crippen molar-refractivity contribution in [3.8, 4) is 5.75 Å². The van der Waals surface area contributed by atoms with E-state index in [1.165, 1.54) is 11.1 Å². The van der Waals surface area contributed by atoms with Crippen molar-refractivity contribution in [3.05, 3.63) is 64.5 Å². The number of aryl methyl sites for hydroxylation is 1. The highest BCUT2D eigenvalue weighted by Crippen LogP contribution is 2.33. The number of nitrogens with zero attached hydrogens (tertiary/aromatic N) is 1. The standard InChI is InChI=1S/C30H40N4O4/c1-3-7-22-9-6-16-37-26(22)13-11-20(2)29(36)33-25-15-17-38-27-14-12-21(18-24(25)27)8-4-5-10-23-19-28(35)34-30(31)32-23/h7,11-14,18,23,25H,3-6,8-10,15-17,19H2,1-2H3,(H,33,36)(H3,31,32,34,35)/b20-11+,22-7+,26-13+. The Morgan fingerprint density at radius 1 is 1.26 bits per heavy atom. The van der Waals surface area contributed by atoms with Crippen molar-refractivity contribution in [1.82, 2.24) is 10.6 Å². The Hall–Kier alpha value is -3.55. The number of fused-ring (bicyclic) bond motifs is 1. The molecule has 204 valence electrons. The summed E-state index contributed by atoms with van der Waals surface area (Å²) in [4.78, 5) is 29.0. The van der Waals surface area contributed by atoms with Crippen LogP contribution in [0, 0.1) is 0 Å². The number of allylic oxidation sites excluding steroid dienone is 4. The lowest BCUT2D eigenvalue weighted by Crippen LogP contribution is -2.43. The number of carbonyl (C=O) groups excluding carboxylic acids is 2. The first kappa shape index (κ1) is 27.5. The van der Waals surface area contributed by atoms with Gasteiger partial charge in [0.25, 0.3) is 0 Å². The van der Waals surface area contributed by atoms with Gasteiger partial charge in [0.2, 0.25) is 11.8 Å². The van der Waals surface area contributed by atoms with Crippen LogP contribution in [0.15, 0.2) is 58.3 Å². The molecule has 8 nitrogen and oxygen atoms in total. The number of aliphatic imine (C=N–C) groups is 1. The zero-order valence-corrected chi connectivity index (χ0v) is 22.6. The topological polar surface area (TPSA) is 115 Å². The summed E-state index contributed by atoms with van der Waals surface area (Å²) < 4.78 is 11.7. The molecule has 4 rings (SSSR count). The lowest BCUT2D eigenvalue weighted by atomic mass is 9.95. The number of hydrogen-bond acceptors (Lipinski definition) is 6. The number of amides is 2. The molecular weight excluding hydrogens is 480 g/mol. The van der Waals surface area contributed by atoms with E-state index in [0.717, 1.165) is 68.4 Å². The maximum atomic E-state index is 13.0. The molecule has 0 bridgehead atoms. The summed E-state index contributed by atoms with van der Waals surface area (Å²) in [6.07, 6.45) is 13.8. The number of benzene rings is 1. The predicted molar refractivity (Wildman–Crippen MR) is 149 cm³/mol. The molecule has 0 spiro atoms. The third kappa shape index (κ3) is 7.49. The number of ether oxygens (including phenoxy) is 2. The van der Waals surface area contributed by atoms with Crippen LogP contribution >= 0.6 is 0 Å². The van der Waals surface area contributed by atoms with Crippen molar-refractivity contribution in [1.29, 1.82) is 0 Å². The van der Waals surface area contributed by atoms with Gasteiger partial charge in [0.1, 0.15) is 11.5 Å². The Kier molecular flexibility index (Phi) is 9.62. The molecular formula is C30H40N4O4. The van der Waals surface area contributed by atoms with Crippen molar-refractivity contribution in [2.45, 2.75) is 83.7 Å². The van der Waals surface area contributed by atoms with Crippen molar-refractivity contribution < 1.29 is 19.1 Å². The van der Waals surface area contributed by atoms with E-state index in [9.17, 15) is 9.59 Å². The molecule has 1 saturated heterocycles. The smallest absolute Gasteiger partial charge is 0.247 e. The fraction of sp³-hybridized carbons (Fsp3) is 0.500. The molecule has 38 heavy (non-hydrogen) atoms. The zero-order valence-electron chi connectivity index (χ0n) is 22.6. The van der Waals surface area contributed by atoms with E-state index in [1.54, 1.807) is 0 Å². The third-order valence-electron chi connectivity index (χ3n) is 7.14. The molecule has 0 aromatic heterocycles. The molecule has 1 aromatic rings. The van der Waals surface area contributed by atoms with Crippen LogP contribution in [0.5, 0.6) is 5.75 Å². The summed E-state index contributed by atoms with van der Waals surface area (Å²) in [5.74, 6) is 1.77. The Bertz CT molecular complexity index is 1150. The van der Waals surface area contributed by atoms with Gasteiger partial charge in [-0.25, -0.2) is 4.99 Å². The summed E-state index contributed by atoms with van der Waals surface area (Å²) in [6, 6.07) is 6.13. The minimum atomic E-state index is -0.0956. The van der Waals surface area contributed by atoms with Gasteiger partial charge in [-0.3, -0.25) is 14.9 Å². The van der Waals surface area contributed by atoms with Gasteiger partial charge in [0.15, 0.2) is 5.96 Å². The minimum Gasteiger partial charge on any atom is -0.493 e. The second-order valence-electron chi connectivity index (χ2n) is 10.2. The van der Waals surface area contributed by atoms with Crippen LogP contribution < -0.4 is 21.1 Å². The molecule has 3 aliphatic heterocycles. The molecule has 0 saturated carbocycles. The molecule has 3 aliphatic rings. The monoisotopic (exact) mass is 520 g/mol. The average Bonchev–Trinajstić information content (AvgIpc) is 2.90. The highest BCUT2D eigenvalue weighted by Gasteiger charge is 2.24. The van der Waals surface area contributed by atoms with E-state index in [-0.39, 0.29) is 29.9 Å². The summed E-state index contributed by atoms with van der Waals surface area (Å²) in [7, 11) is 0. The van der Waals surface area contributed by atoms with Gasteiger partial charge in [-0.2, -0.15) is 0 Å². The first-order valence-corrected chi connectivity index (χ1v) is 13.8. The first-order chi connectivity index (χ1) is 18.4. The Morgan fingerprint density at radius 2 is 2.13 bits per heavy atom. The molecule has 3 heterocycles. The number of rotatable bonds is 9. The highest BCUT2D eigenvalue weighted by atomic mass is 16.5. The Balaban J connectivity index is 1.34. The van der Waals surface area contributed by atoms with E-state index in [1.807, 2.05) is 25.1 Å². The second kappa shape index (κ2) is 13.3. The number of unbranched alkanes of at least 4 members (excludes halogenated alkanes) is 1. The fourth-order valence-electron chi connectivity index (χ4n) is 5.12. The van der Waals surface area contributed by atoms with Crippen molar-refractivity contribution in [2.24, 2.45) is 10.7 Å². The first-order valence-electron chi connectivity index (χ1n) is 13.8. The largest absolute Gasteiger partial charge is 0.493 e. The maximum absolute atomic E-state index is 13.0. The summed E-state index contributed by atoms with van der Waals surface area (Å²) in [5.41, 5.74) is 9.77. The molecule has 1 aromatic carbocycles. The number of nitrogens with two attached hydrogens (primary N) is 1. The van der Waals surface area contributed by atoms with Gasteiger partial charge < -0.3 is 20.5 Å². The minimum absolute atomic E-state index is 0.0360. The van der Waals surface area contributed by atoms with Crippen LogP contribution in [0.4, 0.5) is 0 Å². The third-order valence-corrected chi connectivity index (χ3v) is 7.14. The number of carbonyl (C=O) groups is 2. The molecule has 8 heteroatoms. The molecule has 4 N–H and O–H groups in total. The highest BCUT2D eigenvalue weighted by molar-refractivity contribution is 5.98. The lowest BCUT2D eigenvalue weighted by molar-refractivity contribution is -0.120. The molecule has 2 amide bonds. The van der Waals surface area contributed by atoms with E-state index < -0.39 is 0 Å². The Morgan fingerprint density at radius 3 is 2.95 bits per heavy atom. The van der Waals surface area contributed by atoms with Gasteiger partial charge >= 0.3 is 0 Å². The van der Waals surface area contributed by atoms with Crippen LogP contribution in [-0.2, 0) is 20.7 Å². The van der Waals surface area contributed by atoms with Gasteiger partial charge in [-0.15, -0.1) is 0 Å². The maximum Gasteiger partial charge on any atom is 0.247 e. The van der Waals surface area contributed by atoms with E-state index in [4.69, 9.17) is 15.2 Å².